The molecule has 0 spiro atoms. The zero-order valence-corrected chi connectivity index (χ0v) is 12.1. The number of anilines is 2. The Kier molecular flexibility index (Phi) is 4.72. The van der Waals surface area contributed by atoms with Gasteiger partial charge in [-0.25, -0.2) is 0 Å². The second-order valence-corrected chi connectivity index (χ2v) is 5.01. The number of carbonyl (C=O) groups is 2. The first kappa shape index (κ1) is 14.8. The van der Waals surface area contributed by atoms with Crippen molar-refractivity contribution < 1.29 is 9.59 Å². The highest BCUT2D eigenvalue weighted by Gasteiger charge is 2.10. The van der Waals surface area contributed by atoms with E-state index in [4.69, 9.17) is 0 Å². The average molecular weight is 282 g/mol. The molecule has 2 aromatic rings. The number of rotatable bonds is 4. The van der Waals surface area contributed by atoms with Crippen LogP contribution in [0.3, 0.4) is 0 Å². The summed E-state index contributed by atoms with van der Waals surface area (Å²) in [4.78, 5) is 23.6. The van der Waals surface area contributed by atoms with Crippen molar-refractivity contribution in [1.29, 1.82) is 0 Å². The first-order valence-corrected chi connectivity index (χ1v) is 6.76. The molecule has 4 nitrogen and oxygen atoms in total. The number of aryl methyl sites for hydroxylation is 2. The van der Waals surface area contributed by atoms with Crippen molar-refractivity contribution in [1.82, 2.24) is 0 Å². The fourth-order valence-electron chi connectivity index (χ4n) is 1.92. The van der Waals surface area contributed by atoms with Gasteiger partial charge in [0.05, 0.1) is 0 Å². The summed E-state index contributed by atoms with van der Waals surface area (Å²) in [5, 5.41) is 5.41. The van der Waals surface area contributed by atoms with Gasteiger partial charge in [-0.1, -0.05) is 29.8 Å². The largest absolute Gasteiger partial charge is 0.326 e. The molecule has 2 aromatic carbocycles. The van der Waals surface area contributed by atoms with E-state index in [9.17, 15) is 9.59 Å². The lowest BCUT2D eigenvalue weighted by Crippen LogP contribution is -2.21. The van der Waals surface area contributed by atoms with Crippen LogP contribution in [0.15, 0.2) is 48.5 Å². The van der Waals surface area contributed by atoms with Crippen LogP contribution in [-0.2, 0) is 9.59 Å². The molecule has 2 rings (SSSR count). The minimum atomic E-state index is -0.330. The molecule has 0 fully saturated rings. The molecule has 0 bridgehead atoms. The Labute approximate surface area is 124 Å². The molecule has 0 saturated carbocycles. The Bertz CT molecular complexity index is 648. The highest BCUT2D eigenvalue weighted by Crippen LogP contribution is 2.11. The van der Waals surface area contributed by atoms with E-state index in [0.29, 0.717) is 11.4 Å². The third kappa shape index (κ3) is 4.76. The highest BCUT2D eigenvalue weighted by atomic mass is 16.2. The zero-order chi connectivity index (χ0) is 15.2. The molecule has 0 aromatic heterocycles. The highest BCUT2D eigenvalue weighted by molar-refractivity contribution is 6.08. The Balaban J connectivity index is 1.87. The summed E-state index contributed by atoms with van der Waals surface area (Å²) in [7, 11) is 0. The van der Waals surface area contributed by atoms with Crippen LogP contribution in [0.2, 0.25) is 0 Å². The van der Waals surface area contributed by atoms with E-state index in [-0.39, 0.29) is 18.2 Å². The molecule has 2 amide bonds. The quantitative estimate of drug-likeness (QED) is 0.846. The summed E-state index contributed by atoms with van der Waals surface area (Å²) in [6, 6.07) is 14.9. The molecule has 0 atom stereocenters. The molecule has 0 saturated heterocycles. The fourth-order valence-corrected chi connectivity index (χ4v) is 1.92. The fraction of sp³-hybridized carbons (Fsp3) is 0.176. The van der Waals surface area contributed by atoms with Crippen molar-refractivity contribution in [3.05, 3.63) is 59.7 Å². The maximum absolute atomic E-state index is 11.8. The Morgan fingerprint density at radius 1 is 0.810 bits per heavy atom. The first-order valence-electron chi connectivity index (χ1n) is 6.76. The van der Waals surface area contributed by atoms with Crippen LogP contribution in [0.5, 0.6) is 0 Å². The summed E-state index contributed by atoms with van der Waals surface area (Å²) >= 11 is 0. The Morgan fingerprint density at radius 2 is 1.43 bits per heavy atom. The standard InChI is InChI=1S/C17H18N2O2/c1-12-6-8-14(9-7-12)18-16(20)11-17(21)19-15-5-3-4-13(2)10-15/h3-10H,11H2,1-2H3,(H,18,20)(H,19,21). The van der Waals surface area contributed by atoms with Crippen LogP contribution in [-0.4, -0.2) is 11.8 Å². The molecule has 2 N–H and O–H groups in total. The topological polar surface area (TPSA) is 58.2 Å². The molecular formula is C17H18N2O2. The Hall–Kier alpha value is -2.62. The van der Waals surface area contributed by atoms with E-state index >= 15 is 0 Å². The van der Waals surface area contributed by atoms with Crippen LogP contribution >= 0.6 is 0 Å². The SMILES string of the molecule is Cc1ccc(NC(=O)CC(=O)Nc2cccc(C)c2)cc1. The third-order valence-electron chi connectivity index (χ3n) is 2.96. The van der Waals surface area contributed by atoms with E-state index in [1.165, 1.54) is 0 Å². The average Bonchev–Trinajstić information content (AvgIpc) is 2.41. The summed E-state index contributed by atoms with van der Waals surface area (Å²) in [6.07, 6.45) is -0.207. The number of benzene rings is 2. The van der Waals surface area contributed by atoms with E-state index in [1.54, 1.807) is 6.07 Å². The lowest BCUT2D eigenvalue weighted by Gasteiger charge is -2.07. The maximum Gasteiger partial charge on any atom is 0.233 e. The van der Waals surface area contributed by atoms with Crippen LogP contribution in [0.25, 0.3) is 0 Å². The van der Waals surface area contributed by atoms with Crippen molar-refractivity contribution in [3.8, 4) is 0 Å². The molecule has 0 radical (unpaired) electrons. The number of hydrogen-bond acceptors (Lipinski definition) is 2. The van der Waals surface area contributed by atoms with Crippen molar-refractivity contribution in [2.24, 2.45) is 0 Å². The van der Waals surface area contributed by atoms with E-state index in [2.05, 4.69) is 10.6 Å². The van der Waals surface area contributed by atoms with E-state index < -0.39 is 0 Å². The van der Waals surface area contributed by atoms with Gasteiger partial charge in [0.25, 0.3) is 0 Å². The van der Waals surface area contributed by atoms with Gasteiger partial charge in [-0.15, -0.1) is 0 Å². The molecule has 0 unspecified atom stereocenters. The predicted molar refractivity (Wildman–Crippen MR) is 84.2 cm³/mol. The van der Waals surface area contributed by atoms with Gasteiger partial charge in [-0.05, 0) is 43.7 Å². The van der Waals surface area contributed by atoms with Crippen LogP contribution in [0.4, 0.5) is 11.4 Å². The minimum absolute atomic E-state index is 0.207. The van der Waals surface area contributed by atoms with Gasteiger partial charge in [0.1, 0.15) is 6.42 Å². The molecule has 0 aliphatic rings. The summed E-state index contributed by atoms with van der Waals surface area (Å²) < 4.78 is 0. The summed E-state index contributed by atoms with van der Waals surface area (Å²) in [6.45, 7) is 3.92. The lowest BCUT2D eigenvalue weighted by atomic mass is 10.2. The summed E-state index contributed by atoms with van der Waals surface area (Å²) in [5.74, 6) is -0.658. The smallest absolute Gasteiger partial charge is 0.233 e. The third-order valence-corrected chi connectivity index (χ3v) is 2.96. The van der Waals surface area contributed by atoms with Gasteiger partial charge in [0.2, 0.25) is 11.8 Å². The summed E-state index contributed by atoms with van der Waals surface area (Å²) in [5.41, 5.74) is 3.55. The van der Waals surface area contributed by atoms with Crippen molar-refractivity contribution in [2.45, 2.75) is 20.3 Å². The number of carbonyl (C=O) groups excluding carboxylic acids is 2. The van der Waals surface area contributed by atoms with Gasteiger partial charge in [-0.2, -0.15) is 0 Å². The number of hydrogen-bond donors (Lipinski definition) is 2. The normalized spacial score (nSPS) is 10.0. The molecule has 21 heavy (non-hydrogen) atoms. The van der Waals surface area contributed by atoms with Crippen molar-refractivity contribution in [3.63, 3.8) is 0 Å². The van der Waals surface area contributed by atoms with Crippen LogP contribution in [0.1, 0.15) is 17.5 Å². The number of nitrogens with one attached hydrogen (secondary N) is 2. The first-order chi connectivity index (χ1) is 10.0. The van der Waals surface area contributed by atoms with Gasteiger partial charge < -0.3 is 10.6 Å². The Morgan fingerprint density at radius 3 is 2.05 bits per heavy atom. The molecule has 108 valence electrons. The second-order valence-electron chi connectivity index (χ2n) is 5.01. The molecular weight excluding hydrogens is 264 g/mol. The van der Waals surface area contributed by atoms with E-state index in [1.807, 2.05) is 56.3 Å². The van der Waals surface area contributed by atoms with Gasteiger partial charge >= 0.3 is 0 Å². The zero-order valence-electron chi connectivity index (χ0n) is 12.1. The number of amides is 2. The lowest BCUT2D eigenvalue weighted by molar-refractivity contribution is -0.123. The van der Waals surface area contributed by atoms with Crippen LogP contribution < -0.4 is 10.6 Å². The maximum atomic E-state index is 11.8. The van der Waals surface area contributed by atoms with E-state index in [0.717, 1.165) is 11.1 Å². The molecule has 0 aliphatic heterocycles. The minimum Gasteiger partial charge on any atom is -0.326 e. The molecule has 0 aliphatic carbocycles. The van der Waals surface area contributed by atoms with Crippen LogP contribution in [0, 0.1) is 13.8 Å². The van der Waals surface area contributed by atoms with Crippen molar-refractivity contribution in [2.75, 3.05) is 10.6 Å². The van der Waals surface area contributed by atoms with Gasteiger partial charge in [0, 0.05) is 11.4 Å². The monoisotopic (exact) mass is 282 g/mol. The van der Waals surface area contributed by atoms with Crippen molar-refractivity contribution >= 4 is 23.2 Å². The molecule has 0 heterocycles. The predicted octanol–water partition coefficient (Wildman–Crippen LogP) is 3.27. The second kappa shape index (κ2) is 6.70. The molecule has 4 heteroatoms. The van der Waals surface area contributed by atoms with Gasteiger partial charge in [-0.3, -0.25) is 9.59 Å². The van der Waals surface area contributed by atoms with Gasteiger partial charge in [0.15, 0.2) is 0 Å².